The van der Waals surface area contributed by atoms with Crippen molar-refractivity contribution in [2.45, 2.75) is 0 Å². The number of fused-ring (bicyclic) bond motifs is 1. The first-order valence-electron chi connectivity index (χ1n) is 4.76. The molecule has 0 aliphatic heterocycles. The second-order valence-corrected chi connectivity index (χ2v) is 4.11. The molecule has 3 aromatic heterocycles. The molecule has 0 aromatic carbocycles. The van der Waals surface area contributed by atoms with E-state index in [1.54, 1.807) is 0 Å². The first-order chi connectivity index (χ1) is 8.68. The second kappa shape index (κ2) is 4.04. The molecule has 0 aliphatic rings. The van der Waals surface area contributed by atoms with Crippen LogP contribution in [0.15, 0.2) is 23.6 Å². The van der Waals surface area contributed by atoms with Crippen LogP contribution in [0.4, 0.5) is 0 Å². The minimum Gasteiger partial charge on any atom is -0.340 e. The summed E-state index contributed by atoms with van der Waals surface area (Å²) >= 11 is 11.5. The predicted molar refractivity (Wildman–Crippen MR) is 65.1 cm³/mol. The molecule has 0 fully saturated rings. The zero-order chi connectivity index (χ0) is 12.7. The molecule has 3 rings (SSSR count). The lowest BCUT2D eigenvalue weighted by Crippen LogP contribution is -2.22. The van der Waals surface area contributed by atoms with E-state index in [2.05, 4.69) is 25.0 Å². The summed E-state index contributed by atoms with van der Waals surface area (Å²) in [5, 5.41) is 3.87. The summed E-state index contributed by atoms with van der Waals surface area (Å²) < 4.78 is 1.04. The van der Waals surface area contributed by atoms with Gasteiger partial charge in [-0.1, -0.05) is 23.2 Å². The summed E-state index contributed by atoms with van der Waals surface area (Å²) in [5.41, 5.74) is 0.365. The van der Waals surface area contributed by atoms with Gasteiger partial charge in [0.1, 0.15) is 16.9 Å². The molecular weight excluding hydrogens is 279 g/mol. The van der Waals surface area contributed by atoms with Crippen LogP contribution >= 0.6 is 23.2 Å². The second-order valence-electron chi connectivity index (χ2n) is 3.32. The van der Waals surface area contributed by atoms with Crippen molar-refractivity contribution in [3.63, 3.8) is 0 Å². The van der Waals surface area contributed by atoms with E-state index >= 15 is 0 Å². The van der Waals surface area contributed by atoms with E-state index in [1.165, 1.54) is 18.9 Å². The third kappa shape index (κ3) is 1.56. The summed E-state index contributed by atoms with van der Waals surface area (Å²) in [5.74, 6) is 0.265. The zero-order valence-corrected chi connectivity index (χ0v) is 10.1. The maximum Gasteiger partial charge on any atom is 0.293 e. The van der Waals surface area contributed by atoms with Crippen LogP contribution in [0.3, 0.4) is 0 Å². The molecule has 18 heavy (non-hydrogen) atoms. The normalized spacial score (nSPS) is 11.0. The number of aromatic nitrogens is 6. The van der Waals surface area contributed by atoms with Gasteiger partial charge < -0.3 is 4.98 Å². The Bertz CT molecular complexity index is 795. The van der Waals surface area contributed by atoms with Crippen molar-refractivity contribution < 1.29 is 0 Å². The molecule has 0 unspecified atom stereocenters. The summed E-state index contributed by atoms with van der Waals surface area (Å²) in [4.78, 5) is 26.7. The molecule has 0 aliphatic carbocycles. The highest BCUT2D eigenvalue weighted by Gasteiger charge is 2.14. The minimum atomic E-state index is -0.557. The summed E-state index contributed by atoms with van der Waals surface area (Å²) in [6.45, 7) is 0. The van der Waals surface area contributed by atoms with Crippen molar-refractivity contribution in [2.24, 2.45) is 0 Å². The van der Waals surface area contributed by atoms with Gasteiger partial charge in [0.15, 0.2) is 11.5 Å². The average Bonchev–Trinajstić information content (AvgIpc) is 2.84. The largest absolute Gasteiger partial charge is 0.340 e. The Labute approximate surface area is 109 Å². The van der Waals surface area contributed by atoms with E-state index in [9.17, 15) is 4.79 Å². The monoisotopic (exact) mass is 282 g/mol. The molecular formula is C9H4Cl2N6O. The number of rotatable bonds is 1. The van der Waals surface area contributed by atoms with E-state index < -0.39 is 5.56 Å². The lowest BCUT2D eigenvalue weighted by Gasteiger charge is -2.04. The van der Waals surface area contributed by atoms with Gasteiger partial charge in [0.2, 0.25) is 0 Å². The number of aromatic amines is 1. The number of nitrogens with zero attached hydrogens (tertiary/aromatic N) is 5. The van der Waals surface area contributed by atoms with Crippen LogP contribution in [-0.2, 0) is 0 Å². The molecule has 0 saturated heterocycles. The molecule has 7 nitrogen and oxygen atoms in total. The predicted octanol–water partition coefficient (Wildman–Crippen LogP) is 1.21. The topological polar surface area (TPSA) is 89.3 Å². The molecule has 0 bridgehead atoms. The highest BCUT2D eigenvalue weighted by Crippen LogP contribution is 2.17. The van der Waals surface area contributed by atoms with E-state index in [0.29, 0.717) is 11.2 Å². The van der Waals surface area contributed by atoms with E-state index in [4.69, 9.17) is 23.2 Å². The van der Waals surface area contributed by atoms with Gasteiger partial charge in [0, 0.05) is 0 Å². The van der Waals surface area contributed by atoms with E-state index in [-0.39, 0.29) is 15.9 Å². The summed E-state index contributed by atoms with van der Waals surface area (Å²) in [6.07, 6.45) is 4.01. The third-order valence-corrected chi connectivity index (χ3v) is 3.03. The smallest absolute Gasteiger partial charge is 0.293 e. The molecule has 3 heterocycles. The number of hydrogen-bond donors (Lipinski definition) is 1. The SMILES string of the molecule is O=c1c(Cl)c(Cl)cnn1-c1ncnc2nc[nH]c12. The Balaban J connectivity index is 2.37. The van der Waals surface area contributed by atoms with Crippen LogP contribution in [0.5, 0.6) is 0 Å². The highest BCUT2D eigenvalue weighted by atomic mass is 35.5. The fourth-order valence-electron chi connectivity index (χ4n) is 1.48. The fraction of sp³-hybridized carbons (Fsp3) is 0. The number of halogens is 2. The first-order valence-corrected chi connectivity index (χ1v) is 5.52. The molecule has 0 saturated carbocycles. The van der Waals surface area contributed by atoms with Crippen molar-refractivity contribution in [3.05, 3.63) is 39.3 Å². The molecule has 0 spiro atoms. The van der Waals surface area contributed by atoms with Gasteiger partial charge in [-0.15, -0.1) is 0 Å². The molecule has 3 aromatic rings. The average molecular weight is 283 g/mol. The Morgan fingerprint density at radius 2 is 2.06 bits per heavy atom. The minimum absolute atomic E-state index is 0.0906. The molecule has 90 valence electrons. The van der Waals surface area contributed by atoms with Crippen LogP contribution in [-0.4, -0.2) is 29.7 Å². The maximum atomic E-state index is 11.9. The molecule has 0 radical (unpaired) electrons. The number of nitrogens with one attached hydrogen (secondary N) is 1. The van der Waals surface area contributed by atoms with E-state index in [0.717, 1.165) is 4.68 Å². The van der Waals surface area contributed by atoms with Crippen LogP contribution in [0, 0.1) is 0 Å². The van der Waals surface area contributed by atoms with Gasteiger partial charge >= 0.3 is 0 Å². The fourth-order valence-corrected chi connectivity index (χ4v) is 1.73. The van der Waals surface area contributed by atoms with Gasteiger partial charge in [-0.25, -0.2) is 15.0 Å². The zero-order valence-electron chi connectivity index (χ0n) is 8.63. The number of hydrogen-bond acceptors (Lipinski definition) is 5. The van der Waals surface area contributed by atoms with Gasteiger partial charge in [-0.05, 0) is 0 Å². The van der Waals surface area contributed by atoms with Crippen molar-refractivity contribution >= 4 is 34.4 Å². The van der Waals surface area contributed by atoms with Gasteiger partial charge in [0.05, 0.1) is 17.5 Å². The summed E-state index contributed by atoms with van der Waals surface area (Å²) in [7, 11) is 0. The van der Waals surface area contributed by atoms with Gasteiger partial charge in [-0.2, -0.15) is 9.78 Å². The van der Waals surface area contributed by atoms with E-state index in [1.807, 2.05) is 0 Å². The molecule has 0 atom stereocenters. The highest BCUT2D eigenvalue weighted by molar-refractivity contribution is 6.41. The van der Waals surface area contributed by atoms with Crippen molar-refractivity contribution in [2.75, 3.05) is 0 Å². The number of H-pyrrole nitrogens is 1. The van der Waals surface area contributed by atoms with Crippen LogP contribution in [0.25, 0.3) is 17.0 Å². The Kier molecular flexibility index (Phi) is 2.49. The quantitative estimate of drug-likeness (QED) is 0.725. The van der Waals surface area contributed by atoms with Crippen LogP contribution in [0.1, 0.15) is 0 Å². The maximum absolute atomic E-state index is 11.9. The van der Waals surface area contributed by atoms with Gasteiger partial charge in [0.25, 0.3) is 5.56 Å². The lowest BCUT2D eigenvalue weighted by molar-refractivity contribution is 0.784. The molecule has 1 N–H and O–H groups in total. The lowest BCUT2D eigenvalue weighted by atomic mass is 10.5. The van der Waals surface area contributed by atoms with Crippen LogP contribution < -0.4 is 5.56 Å². The van der Waals surface area contributed by atoms with Crippen LogP contribution in [0.2, 0.25) is 10.0 Å². The van der Waals surface area contributed by atoms with Crippen molar-refractivity contribution in [1.29, 1.82) is 0 Å². The Hall–Kier alpha value is -1.99. The number of imidazole rings is 1. The van der Waals surface area contributed by atoms with Crippen molar-refractivity contribution in [1.82, 2.24) is 29.7 Å². The Morgan fingerprint density at radius 1 is 1.22 bits per heavy atom. The molecule has 0 amide bonds. The Morgan fingerprint density at radius 3 is 2.89 bits per heavy atom. The third-order valence-electron chi connectivity index (χ3n) is 2.28. The van der Waals surface area contributed by atoms with Gasteiger partial charge in [-0.3, -0.25) is 4.79 Å². The standard InChI is InChI=1S/C9H4Cl2N6O/c10-4-1-16-17(9(18)5(4)11)8-6-7(13-2-12-6)14-3-15-8/h1-3H,(H,12,13,14,15). The molecule has 9 heteroatoms. The summed E-state index contributed by atoms with van der Waals surface area (Å²) in [6, 6.07) is 0. The van der Waals surface area contributed by atoms with Crippen molar-refractivity contribution in [3.8, 4) is 5.82 Å². The first kappa shape index (κ1) is 11.1.